The minimum Gasteiger partial charge on any atom is -0.508 e. The summed E-state index contributed by atoms with van der Waals surface area (Å²) >= 11 is 0. The molecule has 152 valence electrons. The molecule has 4 nitrogen and oxygen atoms in total. The summed E-state index contributed by atoms with van der Waals surface area (Å²) in [5.74, 6) is -0.406. The average molecular weight is 385 g/mol. The molecule has 0 amide bonds. The Bertz CT molecular complexity index is 780. The smallest absolute Gasteiger partial charge is 0.161 e. The number of aliphatic hydroxyl groups is 2. The summed E-state index contributed by atoms with van der Waals surface area (Å²) in [7, 11) is 0. The molecule has 4 heteroatoms. The molecule has 0 radical (unpaired) electrons. The average Bonchev–Trinajstić information content (AvgIpc) is 2.70. The number of para-hydroxylation sites is 1. The Morgan fingerprint density at radius 3 is 2.00 bits per heavy atom. The zero-order valence-electron chi connectivity index (χ0n) is 16.7. The summed E-state index contributed by atoms with van der Waals surface area (Å²) in [6.45, 7) is 2.21. The minimum atomic E-state index is -0.253. The van der Waals surface area contributed by atoms with Crippen molar-refractivity contribution in [2.45, 2.75) is 64.7 Å². The highest BCUT2D eigenvalue weighted by molar-refractivity contribution is 5.85. The third-order valence-corrected chi connectivity index (χ3v) is 5.01. The molecule has 0 bridgehead atoms. The van der Waals surface area contributed by atoms with Crippen LogP contribution in [0, 0.1) is 0 Å². The van der Waals surface area contributed by atoms with Crippen LogP contribution in [0.5, 0.6) is 11.5 Å². The molecular weight excluding hydrogens is 352 g/mol. The first kappa shape index (κ1) is 21.7. The van der Waals surface area contributed by atoms with Crippen molar-refractivity contribution in [3.63, 3.8) is 0 Å². The first-order valence-corrected chi connectivity index (χ1v) is 10.3. The number of aliphatic hydroxyl groups excluding tert-OH is 2. The lowest BCUT2D eigenvalue weighted by molar-refractivity contribution is 0.355. The van der Waals surface area contributed by atoms with Gasteiger partial charge in [0.2, 0.25) is 0 Å². The van der Waals surface area contributed by atoms with Crippen molar-refractivity contribution in [3.05, 3.63) is 53.8 Å². The Hall–Kier alpha value is -2.62. The van der Waals surface area contributed by atoms with E-state index in [4.69, 9.17) is 0 Å². The van der Waals surface area contributed by atoms with E-state index in [1.165, 1.54) is 44.2 Å². The van der Waals surface area contributed by atoms with Crippen molar-refractivity contribution in [1.82, 2.24) is 0 Å². The number of benzene rings is 2. The Kier molecular flexibility index (Phi) is 8.73. The molecule has 0 aromatic heterocycles. The number of hydrogen-bond acceptors (Lipinski definition) is 4. The molecule has 2 rings (SSSR count). The monoisotopic (exact) mass is 384 g/mol. The van der Waals surface area contributed by atoms with Crippen LogP contribution >= 0.6 is 0 Å². The minimum absolute atomic E-state index is 0.000567. The van der Waals surface area contributed by atoms with E-state index in [1.807, 2.05) is 0 Å². The van der Waals surface area contributed by atoms with Crippen molar-refractivity contribution in [2.75, 3.05) is 0 Å². The molecule has 0 atom stereocenters. The molecule has 4 N–H and O–H groups in total. The number of allylic oxidation sites excluding steroid dienone is 1. The second-order valence-corrected chi connectivity index (χ2v) is 7.24. The molecule has 0 aliphatic rings. The zero-order chi connectivity index (χ0) is 20.4. The summed E-state index contributed by atoms with van der Waals surface area (Å²) < 4.78 is 0. The highest BCUT2D eigenvalue weighted by Crippen LogP contribution is 2.40. The SMILES string of the molecule is CCCCCCCCCCC(O)=C(O)c1cccc(O)c1-c1ccccc1O. The molecule has 0 saturated heterocycles. The maximum atomic E-state index is 10.6. The summed E-state index contributed by atoms with van der Waals surface area (Å²) in [5.41, 5.74) is 1.01. The van der Waals surface area contributed by atoms with Gasteiger partial charge in [0.15, 0.2) is 5.76 Å². The summed E-state index contributed by atoms with van der Waals surface area (Å²) in [6, 6.07) is 11.3. The van der Waals surface area contributed by atoms with Gasteiger partial charge in [-0.2, -0.15) is 0 Å². The van der Waals surface area contributed by atoms with E-state index in [9.17, 15) is 20.4 Å². The molecule has 2 aromatic rings. The molecule has 0 unspecified atom stereocenters. The second kappa shape index (κ2) is 11.3. The Morgan fingerprint density at radius 1 is 0.714 bits per heavy atom. The van der Waals surface area contributed by atoms with Gasteiger partial charge in [0.25, 0.3) is 0 Å². The van der Waals surface area contributed by atoms with Gasteiger partial charge in [0.1, 0.15) is 17.3 Å². The highest BCUT2D eigenvalue weighted by atomic mass is 16.3. The molecule has 0 spiro atoms. The van der Waals surface area contributed by atoms with Gasteiger partial charge in [0.05, 0.1) is 0 Å². The van der Waals surface area contributed by atoms with Gasteiger partial charge < -0.3 is 20.4 Å². The molecule has 0 aliphatic heterocycles. The summed E-state index contributed by atoms with van der Waals surface area (Å²) in [6.07, 6.45) is 9.62. The number of rotatable bonds is 11. The lowest BCUT2D eigenvalue weighted by atomic mass is 9.95. The quantitative estimate of drug-likeness (QED) is 0.246. The van der Waals surface area contributed by atoms with Crippen LogP contribution in [-0.4, -0.2) is 20.4 Å². The predicted molar refractivity (Wildman–Crippen MR) is 115 cm³/mol. The fourth-order valence-corrected chi connectivity index (χ4v) is 3.41. The molecule has 0 aliphatic carbocycles. The lowest BCUT2D eigenvalue weighted by Crippen LogP contribution is -1.95. The maximum absolute atomic E-state index is 10.6. The van der Waals surface area contributed by atoms with Gasteiger partial charge in [-0.3, -0.25) is 0 Å². The van der Waals surface area contributed by atoms with Crippen molar-refractivity contribution >= 4 is 5.76 Å². The predicted octanol–water partition coefficient (Wildman–Crippen LogP) is 7.08. The lowest BCUT2D eigenvalue weighted by Gasteiger charge is -2.14. The van der Waals surface area contributed by atoms with Gasteiger partial charge >= 0.3 is 0 Å². The van der Waals surface area contributed by atoms with E-state index in [-0.39, 0.29) is 23.0 Å². The number of unbranched alkanes of at least 4 members (excludes halogenated alkanes) is 7. The van der Waals surface area contributed by atoms with E-state index in [0.717, 1.165) is 19.3 Å². The molecule has 28 heavy (non-hydrogen) atoms. The van der Waals surface area contributed by atoms with Gasteiger partial charge in [-0.05, 0) is 18.6 Å². The molecule has 2 aromatic carbocycles. The Labute approximate surface area is 167 Å². The number of hydrogen-bond donors (Lipinski definition) is 4. The van der Waals surface area contributed by atoms with Crippen LogP contribution in [0.15, 0.2) is 48.2 Å². The van der Waals surface area contributed by atoms with Gasteiger partial charge in [-0.25, -0.2) is 0 Å². The van der Waals surface area contributed by atoms with Crippen LogP contribution in [0.1, 0.15) is 70.3 Å². The third kappa shape index (κ3) is 5.95. The van der Waals surface area contributed by atoms with Crippen molar-refractivity contribution < 1.29 is 20.4 Å². The van der Waals surface area contributed by atoms with E-state index in [2.05, 4.69) is 6.92 Å². The fourth-order valence-electron chi connectivity index (χ4n) is 3.41. The molecule has 0 heterocycles. The number of aromatic hydroxyl groups is 2. The van der Waals surface area contributed by atoms with Gasteiger partial charge in [0, 0.05) is 23.1 Å². The largest absolute Gasteiger partial charge is 0.508 e. The van der Waals surface area contributed by atoms with E-state index < -0.39 is 0 Å². The first-order chi connectivity index (χ1) is 13.6. The van der Waals surface area contributed by atoms with E-state index in [0.29, 0.717) is 23.1 Å². The van der Waals surface area contributed by atoms with Crippen molar-refractivity contribution in [3.8, 4) is 22.6 Å². The topological polar surface area (TPSA) is 80.9 Å². The van der Waals surface area contributed by atoms with E-state index in [1.54, 1.807) is 30.3 Å². The Balaban J connectivity index is 2.06. The second-order valence-electron chi connectivity index (χ2n) is 7.24. The Morgan fingerprint density at radius 2 is 1.32 bits per heavy atom. The molecular formula is C24H32O4. The van der Waals surface area contributed by atoms with Crippen molar-refractivity contribution in [1.29, 1.82) is 0 Å². The number of phenolic OH excluding ortho intramolecular Hbond substituents is 2. The maximum Gasteiger partial charge on any atom is 0.161 e. The molecule has 0 saturated carbocycles. The van der Waals surface area contributed by atoms with Crippen molar-refractivity contribution in [2.24, 2.45) is 0 Å². The van der Waals surface area contributed by atoms with Crippen LogP contribution in [-0.2, 0) is 0 Å². The van der Waals surface area contributed by atoms with Crippen LogP contribution < -0.4 is 0 Å². The van der Waals surface area contributed by atoms with Gasteiger partial charge in [-0.1, -0.05) is 82.2 Å². The van der Waals surface area contributed by atoms with Crippen LogP contribution in [0.2, 0.25) is 0 Å². The fraction of sp³-hybridized carbons (Fsp3) is 0.417. The standard InChI is InChI=1S/C24H32O4/c1-2-3-4-5-6-7-8-9-16-22(27)24(28)19-14-12-17-21(26)23(19)18-13-10-11-15-20(18)25/h10-15,17,25-28H,2-9,16H2,1H3. The normalized spacial score (nSPS) is 12.0. The van der Waals surface area contributed by atoms with Crippen LogP contribution in [0.3, 0.4) is 0 Å². The highest BCUT2D eigenvalue weighted by Gasteiger charge is 2.18. The first-order valence-electron chi connectivity index (χ1n) is 10.3. The van der Waals surface area contributed by atoms with Crippen LogP contribution in [0.4, 0.5) is 0 Å². The van der Waals surface area contributed by atoms with E-state index >= 15 is 0 Å². The molecule has 0 fully saturated rings. The van der Waals surface area contributed by atoms with Crippen LogP contribution in [0.25, 0.3) is 16.9 Å². The summed E-state index contributed by atoms with van der Waals surface area (Å²) in [5, 5.41) is 41.4. The zero-order valence-corrected chi connectivity index (χ0v) is 16.7. The number of phenols is 2. The third-order valence-electron chi connectivity index (χ3n) is 5.01. The van der Waals surface area contributed by atoms with Gasteiger partial charge in [-0.15, -0.1) is 0 Å². The summed E-state index contributed by atoms with van der Waals surface area (Å²) in [4.78, 5) is 0.